The molecule has 0 spiro atoms. The highest BCUT2D eigenvalue weighted by molar-refractivity contribution is 7.77. The van der Waals surface area contributed by atoms with E-state index in [1.165, 1.54) is 40.0 Å². The Kier molecular flexibility index (Phi) is 4.70. The van der Waals surface area contributed by atoms with Gasteiger partial charge in [-0.05, 0) is 78.1 Å². The molecule has 1 fully saturated rings. The molecule has 1 aliphatic carbocycles. The minimum atomic E-state index is 0.264. The van der Waals surface area contributed by atoms with E-state index in [0.29, 0.717) is 5.41 Å². The molecule has 1 aromatic carbocycles. The first-order chi connectivity index (χ1) is 12.3. The first-order valence-electron chi connectivity index (χ1n) is 9.34. The highest BCUT2D eigenvalue weighted by atomic mass is 32.1. The quantitative estimate of drug-likeness (QED) is 0.661. The Balaban J connectivity index is 1.63. The molecule has 2 aliphatic rings. The highest BCUT2D eigenvalue weighted by Gasteiger charge is 2.31. The molecule has 0 saturated carbocycles. The molecule has 1 saturated heterocycles. The summed E-state index contributed by atoms with van der Waals surface area (Å²) < 4.78 is 7.96. The van der Waals surface area contributed by atoms with Crippen LogP contribution in [0, 0.1) is 5.41 Å². The van der Waals surface area contributed by atoms with Crippen molar-refractivity contribution >= 4 is 29.7 Å². The van der Waals surface area contributed by atoms with Gasteiger partial charge in [0, 0.05) is 22.8 Å². The molecule has 2 nitrogen and oxygen atoms in total. The molecular weight excluding hydrogens is 358 g/mol. The third-order valence-corrected chi connectivity index (χ3v) is 7.12. The molecule has 2 heterocycles. The number of allylic oxidation sites excluding steroid dienone is 1. The predicted octanol–water partition coefficient (Wildman–Crippen LogP) is 5.87. The number of aryl methyl sites for hydroxylation is 1. The van der Waals surface area contributed by atoms with E-state index < -0.39 is 0 Å². The molecule has 1 aliphatic heterocycles. The zero-order valence-electron chi connectivity index (χ0n) is 15.8. The summed E-state index contributed by atoms with van der Waals surface area (Å²) in [4.78, 5) is 2.93. The van der Waals surface area contributed by atoms with E-state index in [9.17, 15) is 0 Å². The molecule has 0 atom stereocenters. The van der Waals surface area contributed by atoms with Crippen molar-refractivity contribution in [2.24, 2.45) is 5.41 Å². The van der Waals surface area contributed by atoms with Gasteiger partial charge in [-0.25, -0.2) is 4.31 Å². The van der Waals surface area contributed by atoms with Gasteiger partial charge >= 0.3 is 0 Å². The van der Waals surface area contributed by atoms with Gasteiger partial charge in [-0.1, -0.05) is 33.2 Å². The number of nitrogens with zero attached hydrogens (tertiary/aromatic N) is 1. The lowest BCUT2D eigenvalue weighted by atomic mass is 9.75. The van der Waals surface area contributed by atoms with Crippen LogP contribution in [-0.2, 0) is 12.8 Å². The number of ether oxygens (including phenoxy) is 1. The molecule has 138 valence electrons. The molecule has 0 radical (unpaired) electrons. The fraction of sp³-hybridized carbons (Fsp3) is 0.455. The molecule has 0 unspecified atom stereocenters. The van der Waals surface area contributed by atoms with Crippen molar-refractivity contribution in [2.45, 2.75) is 46.1 Å². The summed E-state index contributed by atoms with van der Waals surface area (Å²) in [6.45, 7) is 13.0. The van der Waals surface area contributed by atoms with Crippen LogP contribution in [0.15, 0.2) is 30.8 Å². The Morgan fingerprint density at radius 1 is 1.27 bits per heavy atom. The molecule has 0 N–H and O–H groups in total. The summed E-state index contributed by atoms with van der Waals surface area (Å²) in [5.74, 6) is 0.944. The number of thiol groups is 1. The van der Waals surface area contributed by atoms with E-state index in [0.717, 1.165) is 25.3 Å². The van der Waals surface area contributed by atoms with Gasteiger partial charge in [0.2, 0.25) is 0 Å². The van der Waals surface area contributed by atoms with Gasteiger partial charge in [-0.2, -0.15) is 0 Å². The van der Waals surface area contributed by atoms with Gasteiger partial charge in [0.05, 0.1) is 0 Å². The van der Waals surface area contributed by atoms with Gasteiger partial charge in [0.25, 0.3) is 0 Å². The van der Waals surface area contributed by atoms with Crippen LogP contribution < -0.4 is 4.74 Å². The van der Waals surface area contributed by atoms with Crippen LogP contribution in [0.5, 0.6) is 5.75 Å². The van der Waals surface area contributed by atoms with Crippen LogP contribution in [0.2, 0.25) is 0 Å². The number of hydrogen-bond acceptors (Lipinski definition) is 4. The number of benzene rings is 1. The summed E-state index contributed by atoms with van der Waals surface area (Å²) in [5.41, 5.74) is 5.76. The largest absolute Gasteiger partial charge is 0.488 e. The fourth-order valence-electron chi connectivity index (χ4n) is 3.94. The molecule has 0 amide bonds. The van der Waals surface area contributed by atoms with Crippen molar-refractivity contribution in [3.8, 4) is 16.2 Å². The van der Waals surface area contributed by atoms with Crippen molar-refractivity contribution in [1.29, 1.82) is 0 Å². The number of thiophene rings is 1. The van der Waals surface area contributed by atoms with Crippen LogP contribution in [0.25, 0.3) is 16.0 Å². The Hall–Kier alpha value is -1.23. The van der Waals surface area contributed by atoms with E-state index in [4.69, 9.17) is 4.74 Å². The molecule has 4 rings (SSSR count). The number of fused-ring (bicyclic) bond motifs is 1. The van der Waals surface area contributed by atoms with Crippen molar-refractivity contribution in [2.75, 3.05) is 13.1 Å². The Morgan fingerprint density at radius 3 is 2.58 bits per heavy atom. The van der Waals surface area contributed by atoms with Gasteiger partial charge in [0.15, 0.2) is 0 Å². The molecule has 1 aromatic heterocycles. The van der Waals surface area contributed by atoms with E-state index in [-0.39, 0.29) is 6.10 Å². The standard InChI is InChI=1S/C22H27NOS2/c1-14(2)20-18-11-22(3,4)10-9-19(18)26-21(20)15-5-7-16(8-6-15)24-17-12-23(25)13-17/h5-8,17,25H,1,9-13H2,2-4H3. The van der Waals surface area contributed by atoms with Crippen LogP contribution in [0.4, 0.5) is 0 Å². The highest BCUT2D eigenvalue weighted by Crippen LogP contribution is 2.47. The first-order valence-corrected chi connectivity index (χ1v) is 10.6. The third kappa shape index (κ3) is 3.47. The topological polar surface area (TPSA) is 12.5 Å². The molecular formula is C22H27NOS2. The number of hydrogen-bond donors (Lipinski definition) is 1. The maximum absolute atomic E-state index is 5.99. The maximum Gasteiger partial charge on any atom is 0.126 e. The Labute approximate surface area is 166 Å². The van der Waals surface area contributed by atoms with E-state index in [1.807, 2.05) is 15.6 Å². The van der Waals surface area contributed by atoms with Gasteiger partial charge in [-0.15, -0.1) is 11.3 Å². The smallest absolute Gasteiger partial charge is 0.126 e. The molecule has 4 heteroatoms. The molecule has 2 aromatic rings. The van der Waals surface area contributed by atoms with E-state index in [1.54, 1.807) is 4.88 Å². The maximum atomic E-state index is 5.99. The van der Waals surface area contributed by atoms with Crippen LogP contribution in [-0.4, -0.2) is 23.5 Å². The summed E-state index contributed by atoms with van der Waals surface area (Å²) >= 11 is 6.26. The van der Waals surface area contributed by atoms with Crippen molar-refractivity contribution in [1.82, 2.24) is 4.31 Å². The van der Waals surface area contributed by atoms with E-state index in [2.05, 4.69) is 64.4 Å². The van der Waals surface area contributed by atoms with Gasteiger partial charge in [-0.3, -0.25) is 0 Å². The average Bonchev–Trinajstić information content (AvgIpc) is 2.91. The predicted molar refractivity (Wildman–Crippen MR) is 115 cm³/mol. The average molecular weight is 386 g/mol. The van der Waals surface area contributed by atoms with Crippen molar-refractivity contribution < 1.29 is 4.74 Å². The Bertz CT molecular complexity index is 829. The van der Waals surface area contributed by atoms with Gasteiger partial charge in [0.1, 0.15) is 11.9 Å². The second-order valence-corrected chi connectivity index (χ2v) is 10.1. The lowest BCUT2D eigenvalue weighted by molar-refractivity contribution is 0.0852. The second kappa shape index (κ2) is 6.74. The zero-order valence-corrected chi connectivity index (χ0v) is 17.6. The second-order valence-electron chi connectivity index (χ2n) is 8.47. The van der Waals surface area contributed by atoms with Crippen LogP contribution in [0.3, 0.4) is 0 Å². The monoisotopic (exact) mass is 385 g/mol. The summed E-state index contributed by atoms with van der Waals surface area (Å²) in [6, 6.07) is 8.59. The lowest BCUT2D eigenvalue weighted by Crippen LogP contribution is -2.48. The van der Waals surface area contributed by atoms with Crippen LogP contribution >= 0.6 is 24.2 Å². The van der Waals surface area contributed by atoms with Crippen LogP contribution in [0.1, 0.15) is 43.2 Å². The normalized spacial score (nSPS) is 19.7. The molecule has 0 bridgehead atoms. The van der Waals surface area contributed by atoms with Crippen molar-refractivity contribution in [3.05, 3.63) is 46.8 Å². The lowest BCUT2D eigenvalue weighted by Gasteiger charge is -2.34. The summed E-state index contributed by atoms with van der Waals surface area (Å²) in [5, 5.41) is 0. The Morgan fingerprint density at radius 2 is 1.96 bits per heavy atom. The minimum absolute atomic E-state index is 0.264. The first kappa shape index (κ1) is 18.1. The fourth-order valence-corrected chi connectivity index (χ4v) is 5.71. The molecule has 26 heavy (non-hydrogen) atoms. The minimum Gasteiger partial charge on any atom is -0.488 e. The van der Waals surface area contributed by atoms with E-state index >= 15 is 0 Å². The van der Waals surface area contributed by atoms with Gasteiger partial charge < -0.3 is 4.74 Å². The third-order valence-electron chi connectivity index (χ3n) is 5.45. The van der Waals surface area contributed by atoms with Crippen molar-refractivity contribution in [3.63, 3.8) is 0 Å². The summed E-state index contributed by atoms with van der Waals surface area (Å²) in [7, 11) is 0. The summed E-state index contributed by atoms with van der Waals surface area (Å²) in [6.07, 6.45) is 3.88. The zero-order chi connectivity index (χ0) is 18.5. The number of rotatable bonds is 4. The SMILES string of the molecule is C=C(C)c1c(-c2ccc(OC3CN(S)C3)cc2)sc2c1CC(C)(C)CC2.